The molecule has 1 aromatic carbocycles. The maximum atomic E-state index is 13.3. The molecule has 2 aliphatic heterocycles. The number of hydrogen-bond donors (Lipinski definition) is 2. The Balaban J connectivity index is 0.000000184. The van der Waals surface area contributed by atoms with E-state index in [-0.39, 0.29) is 29.5 Å². The number of nitrogens with zero attached hydrogens (tertiary/aromatic N) is 4. The third-order valence-electron chi connectivity index (χ3n) is 8.23. The van der Waals surface area contributed by atoms with Crippen LogP contribution >= 0.6 is 0 Å². The average Bonchev–Trinajstić information content (AvgIpc) is 3.90. The van der Waals surface area contributed by atoms with Crippen LogP contribution in [0.15, 0.2) is 79.4 Å². The molecule has 4 heterocycles. The van der Waals surface area contributed by atoms with Crippen molar-refractivity contribution in [3.8, 4) is 11.5 Å². The zero-order valence-electron chi connectivity index (χ0n) is 27.1. The Bertz CT molecular complexity index is 1380. The van der Waals surface area contributed by atoms with Crippen molar-refractivity contribution in [2.75, 3.05) is 52.5 Å². The molecule has 11 heteroatoms. The highest BCUT2D eigenvalue weighted by Crippen LogP contribution is 2.49. The molecule has 2 N–H and O–H groups in total. The van der Waals surface area contributed by atoms with Gasteiger partial charge >= 0.3 is 6.09 Å². The smallest absolute Gasteiger partial charge is 0.410 e. The van der Waals surface area contributed by atoms with Crippen LogP contribution in [0, 0.1) is 0 Å². The largest absolute Gasteiger partial charge is 0.490 e. The van der Waals surface area contributed by atoms with Crippen LogP contribution in [-0.4, -0.2) is 102 Å². The molecular weight excluding hydrogens is 584 g/mol. The first kappa shape index (κ1) is 33.2. The highest BCUT2D eigenvalue weighted by molar-refractivity contribution is 5.91. The quantitative estimate of drug-likeness (QED) is 0.385. The molecule has 0 bridgehead atoms. The molecule has 11 nitrogen and oxygen atoms in total. The zero-order chi connectivity index (χ0) is 32.4. The summed E-state index contributed by atoms with van der Waals surface area (Å²) in [5.41, 5.74) is 0.340. The first-order chi connectivity index (χ1) is 22.2. The van der Waals surface area contributed by atoms with Crippen LogP contribution in [0.4, 0.5) is 4.79 Å². The van der Waals surface area contributed by atoms with Crippen LogP contribution in [0.3, 0.4) is 0 Å². The van der Waals surface area contributed by atoms with Crippen LogP contribution in [0.5, 0.6) is 11.5 Å². The monoisotopic (exact) mass is 630 g/mol. The molecule has 2 aromatic heterocycles. The van der Waals surface area contributed by atoms with Gasteiger partial charge in [0.1, 0.15) is 30.3 Å². The Morgan fingerprint density at radius 3 is 1.85 bits per heavy atom. The first-order valence-electron chi connectivity index (χ1n) is 16.1. The van der Waals surface area contributed by atoms with E-state index in [1.54, 1.807) is 29.7 Å². The summed E-state index contributed by atoms with van der Waals surface area (Å²) in [6.07, 6.45) is 8.38. The van der Waals surface area contributed by atoms with Gasteiger partial charge in [-0.25, -0.2) is 4.79 Å². The zero-order valence-corrected chi connectivity index (χ0v) is 27.1. The van der Waals surface area contributed by atoms with Crippen molar-refractivity contribution in [3.63, 3.8) is 0 Å². The Hall–Kier alpha value is -4.22. The summed E-state index contributed by atoms with van der Waals surface area (Å²) in [6.45, 7) is 10.9. The molecule has 3 aromatic rings. The third kappa shape index (κ3) is 8.95. The van der Waals surface area contributed by atoms with E-state index in [1.165, 1.54) is 0 Å². The van der Waals surface area contributed by atoms with Crippen molar-refractivity contribution in [1.82, 2.24) is 30.4 Å². The summed E-state index contributed by atoms with van der Waals surface area (Å²) in [6, 6.07) is 17.6. The number of carbonyl (C=O) groups is 2. The van der Waals surface area contributed by atoms with Crippen molar-refractivity contribution in [2.45, 2.75) is 56.7 Å². The molecule has 3 aliphatic rings. The summed E-state index contributed by atoms with van der Waals surface area (Å²) in [7, 11) is 0. The number of hydrogen-bond acceptors (Lipinski definition) is 9. The van der Waals surface area contributed by atoms with Gasteiger partial charge in [-0.15, -0.1) is 0 Å². The van der Waals surface area contributed by atoms with Gasteiger partial charge in [0.15, 0.2) is 0 Å². The van der Waals surface area contributed by atoms with Gasteiger partial charge in [-0.3, -0.25) is 19.7 Å². The minimum absolute atomic E-state index is 0.0441. The van der Waals surface area contributed by atoms with Crippen molar-refractivity contribution < 1.29 is 23.8 Å². The topological polar surface area (TPSA) is 118 Å². The Labute approximate surface area is 271 Å². The first-order valence-corrected chi connectivity index (χ1v) is 16.1. The van der Waals surface area contributed by atoms with E-state index in [2.05, 4.69) is 32.7 Å². The van der Waals surface area contributed by atoms with Crippen LogP contribution in [0.1, 0.15) is 39.2 Å². The molecule has 1 saturated carbocycles. The van der Waals surface area contributed by atoms with Crippen molar-refractivity contribution in [3.05, 3.63) is 84.9 Å². The number of pyridine rings is 2. The SMILES string of the molecule is CC(C)(C)OC(=O)N1CCNCC1COc1cccnc1.O=C(N1CCNCC1COc1cccnc1)C1(c2ccccc2)CC1. The summed E-state index contributed by atoms with van der Waals surface area (Å²) in [4.78, 5) is 37.4. The fourth-order valence-electron chi connectivity index (χ4n) is 5.68. The van der Waals surface area contributed by atoms with E-state index in [4.69, 9.17) is 14.2 Å². The molecule has 2 amide bonds. The molecule has 0 spiro atoms. The second-order valence-electron chi connectivity index (χ2n) is 12.8. The lowest BCUT2D eigenvalue weighted by Crippen LogP contribution is -2.58. The molecule has 46 heavy (non-hydrogen) atoms. The van der Waals surface area contributed by atoms with Crippen molar-refractivity contribution >= 4 is 12.0 Å². The highest BCUT2D eigenvalue weighted by Gasteiger charge is 2.54. The van der Waals surface area contributed by atoms with Crippen molar-refractivity contribution in [2.24, 2.45) is 0 Å². The lowest BCUT2D eigenvalue weighted by molar-refractivity contribution is -0.138. The predicted molar refractivity (Wildman–Crippen MR) is 175 cm³/mol. The second kappa shape index (κ2) is 15.4. The number of piperazine rings is 2. The molecule has 1 aliphatic carbocycles. The van der Waals surface area contributed by atoms with E-state index in [0.717, 1.165) is 50.3 Å². The lowest BCUT2D eigenvalue weighted by Gasteiger charge is -2.38. The Morgan fingerprint density at radius 1 is 0.804 bits per heavy atom. The van der Waals surface area contributed by atoms with Crippen LogP contribution < -0.4 is 20.1 Å². The number of rotatable bonds is 8. The van der Waals surface area contributed by atoms with E-state index in [9.17, 15) is 9.59 Å². The Kier molecular flexibility index (Phi) is 11.1. The summed E-state index contributed by atoms with van der Waals surface area (Å²) >= 11 is 0. The molecule has 246 valence electrons. The van der Waals surface area contributed by atoms with Crippen LogP contribution in [0.25, 0.3) is 0 Å². The molecule has 2 saturated heterocycles. The molecule has 6 rings (SSSR count). The van der Waals surface area contributed by atoms with Gasteiger partial charge in [-0.1, -0.05) is 30.3 Å². The fraction of sp³-hybridized carbons (Fsp3) is 0.486. The van der Waals surface area contributed by atoms with Crippen LogP contribution in [-0.2, 0) is 14.9 Å². The van der Waals surface area contributed by atoms with E-state index >= 15 is 0 Å². The van der Waals surface area contributed by atoms with E-state index in [1.807, 2.05) is 68.1 Å². The van der Waals surface area contributed by atoms with E-state index < -0.39 is 5.60 Å². The number of carbonyl (C=O) groups excluding carboxylic acids is 2. The minimum atomic E-state index is -0.489. The third-order valence-corrected chi connectivity index (χ3v) is 8.23. The molecule has 3 fully saturated rings. The summed E-state index contributed by atoms with van der Waals surface area (Å²) < 4.78 is 17.0. The maximum Gasteiger partial charge on any atom is 0.410 e. The van der Waals surface area contributed by atoms with Gasteiger partial charge in [0.2, 0.25) is 5.91 Å². The summed E-state index contributed by atoms with van der Waals surface area (Å²) in [5.74, 6) is 1.69. The van der Waals surface area contributed by atoms with Gasteiger partial charge < -0.3 is 29.7 Å². The summed E-state index contributed by atoms with van der Waals surface area (Å²) in [5, 5.41) is 6.65. The minimum Gasteiger partial charge on any atom is -0.490 e. The maximum absolute atomic E-state index is 13.3. The normalized spacial score (nSPS) is 20.5. The standard InChI is InChI=1S/C20H23N3O2.C15H23N3O3/c24-19(20(8-9-20)16-5-2-1-3-6-16)23-12-11-22-13-17(23)15-25-18-7-4-10-21-14-18;1-15(2,3)21-14(19)18-8-7-17-9-12(18)11-20-13-5-4-6-16-10-13/h1-7,10,14,17,22H,8-9,11-13,15H2;4-6,10,12,17H,7-9,11H2,1-3H3. The number of ether oxygens (including phenoxy) is 3. The Morgan fingerprint density at radius 2 is 1.35 bits per heavy atom. The predicted octanol–water partition coefficient (Wildman–Crippen LogP) is 3.66. The number of aromatic nitrogens is 2. The number of benzene rings is 1. The van der Waals surface area contributed by atoms with Gasteiger partial charge in [-0.05, 0) is 63.4 Å². The lowest BCUT2D eigenvalue weighted by atomic mass is 9.93. The number of amides is 2. The van der Waals surface area contributed by atoms with E-state index in [0.29, 0.717) is 32.1 Å². The van der Waals surface area contributed by atoms with Crippen molar-refractivity contribution in [1.29, 1.82) is 0 Å². The van der Waals surface area contributed by atoms with Gasteiger partial charge in [-0.2, -0.15) is 0 Å². The fourth-order valence-corrected chi connectivity index (χ4v) is 5.68. The number of nitrogens with one attached hydrogen (secondary N) is 2. The van der Waals surface area contributed by atoms with Crippen LogP contribution in [0.2, 0.25) is 0 Å². The van der Waals surface area contributed by atoms with Gasteiger partial charge in [0.25, 0.3) is 0 Å². The molecule has 2 atom stereocenters. The average molecular weight is 631 g/mol. The molecular formula is C35H46N6O5. The molecule has 0 radical (unpaired) electrons. The molecule has 2 unspecified atom stereocenters. The van der Waals surface area contributed by atoms with Gasteiger partial charge in [0.05, 0.1) is 29.9 Å². The van der Waals surface area contributed by atoms with Gasteiger partial charge in [0, 0.05) is 51.7 Å². The second-order valence-corrected chi connectivity index (χ2v) is 12.8. The highest BCUT2D eigenvalue weighted by atomic mass is 16.6.